The standard InChI is InChI=1S/C17H22BrClN2O3/c1-2-24-17(23)21-9-7-13(8-10-21)20-16(22)14(18)11-12-5-3-4-6-15(12)19/h3-6,13-14H,2,7-11H2,1H3,(H,20,22). The number of alkyl halides is 1. The van der Waals surface area contributed by atoms with Crippen LogP contribution in [0.2, 0.25) is 5.02 Å². The fourth-order valence-corrected chi connectivity index (χ4v) is 3.36. The fraction of sp³-hybridized carbons (Fsp3) is 0.529. The van der Waals surface area contributed by atoms with Crippen LogP contribution in [0.1, 0.15) is 25.3 Å². The molecule has 0 bridgehead atoms. The molecule has 24 heavy (non-hydrogen) atoms. The van der Waals surface area contributed by atoms with Crippen LogP contribution in [-0.2, 0) is 16.0 Å². The van der Waals surface area contributed by atoms with Crippen molar-refractivity contribution in [1.82, 2.24) is 10.2 Å². The van der Waals surface area contributed by atoms with Gasteiger partial charge in [0, 0.05) is 24.2 Å². The number of ether oxygens (including phenoxy) is 1. The van der Waals surface area contributed by atoms with Crippen molar-refractivity contribution in [3.8, 4) is 0 Å². The Morgan fingerprint density at radius 3 is 2.67 bits per heavy atom. The van der Waals surface area contributed by atoms with Gasteiger partial charge in [0.25, 0.3) is 0 Å². The third-order valence-corrected chi connectivity index (χ3v) is 5.12. The molecule has 1 saturated heterocycles. The third-order valence-electron chi connectivity index (χ3n) is 4.01. The zero-order valence-corrected chi connectivity index (χ0v) is 16.0. The molecule has 0 aliphatic carbocycles. The number of halogens is 2. The van der Waals surface area contributed by atoms with E-state index < -0.39 is 0 Å². The molecule has 7 heteroatoms. The summed E-state index contributed by atoms with van der Waals surface area (Å²) in [4.78, 5) is 25.4. The van der Waals surface area contributed by atoms with E-state index in [1.807, 2.05) is 24.3 Å². The Balaban J connectivity index is 1.79. The minimum Gasteiger partial charge on any atom is -0.450 e. The smallest absolute Gasteiger partial charge is 0.409 e. The Morgan fingerprint density at radius 2 is 2.04 bits per heavy atom. The summed E-state index contributed by atoms with van der Waals surface area (Å²) >= 11 is 9.58. The maximum atomic E-state index is 12.3. The summed E-state index contributed by atoms with van der Waals surface area (Å²) in [6.45, 7) is 3.37. The van der Waals surface area contributed by atoms with E-state index in [-0.39, 0.29) is 22.9 Å². The molecule has 0 spiro atoms. The molecule has 1 N–H and O–H groups in total. The van der Waals surface area contributed by atoms with Crippen LogP contribution in [0.25, 0.3) is 0 Å². The lowest BCUT2D eigenvalue weighted by Crippen LogP contribution is -2.48. The highest BCUT2D eigenvalue weighted by Crippen LogP contribution is 2.20. The molecule has 1 aromatic rings. The zero-order chi connectivity index (χ0) is 17.5. The molecule has 1 aliphatic heterocycles. The summed E-state index contributed by atoms with van der Waals surface area (Å²) in [5, 5.41) is 3.71. The normalized spacial score (nSPS) is 16.5. The minimum absolute atomic E-state index is 0.0514. The summed E-state index contributed by atoms with van der Waals surface area (Å²) in [7, 11) is 0. The van der Waals surface area contributed by atoms with E-state index in [4.69, 9.17) is 16.3 Å². The lowest BCUT2D eigenvalue weighted by Gasteiger charge is -2.32. The molecular formula is C17H22BrClN2O3. The van der Waals surface area contributed by atoms with Crippen LogP contribution in [0.3, 0.4) is 0 Å². The minimum atomic E-state index is -0.333. The molecule has 5 nitrogen and oxygen atoms in total. The number of likely N-dealkylation sites (tertiary alicyclic amines) is 1. The van der Waals surface area contributed by atoms with Gasteiger partial charge in [-0.2, -0.15) is 0 Å². The highest BCUT2D eigenvalue weighted by atomic mass is 79.9. The van der Waals surface area contributed by atoms with E-state index in [1.54, 1.807) is 11.8 Å². The van der Waals surface area contributed by atoms with Gasteiger partial charge >= 0.3 is 6.09 Å². The number of carbonyl (C=O) groups excluding carboxylic acids is 2. The van der Waals surface area contributed by atoms with Crippen LogP contribution >= 0.6 is 27.5 Å². The van der Waals surface area contributed by atoms with Crippen molar-refractivity contribution in [1.29, 1.82) is 0 Å². The van der Waals surface area contributed by atoms with Gasteiger partial charge in [0.2, 0.25) is 5.91 Å². The molecule has 1 aromatic carbocycles. The molecule has 132 valence electrons. The number of benzene rings is 1. The molecule has 0 aromatic heterocycles. The lowest BCUT2D eigenvalue weighted by molar-refractivity contribution is -0.121. The first-order valence-electron chi connectivity index (χ1n) is 8.10. The number of amides is 2. The number of rotatable bonds is 5. The second-order valence-corrected chi connectivity index (χ2v) is 7.24. The molecule has 2 amide bonds. The summed E-state index contributed by atoms with van der Waals surface area (Å²) in [5.74, 6) is -0.0514. The van der Waals surface area contributed by atoms with Crippen molar-refractivity contribution in [2.45, 2.75) is 37.1 Å². The summed E-state index contributed by atoms with van der Waals surface area (Å²) in [6, 6.07) is 7.59. The van der Waals surface area contributed by atoms with Gasteiger partial charge in [0.1, 0.15) is 0 Å². The van der Waals surface area contributed by atoms with Crippen LogP contribution in [0.4, 0.5) is 4.79 Å². The quantitative estimate of drug-likeness (QED) is 0.747. The Labute approximate surface area is 155 Å². The van der Waals surface area contributed by atoms with Crippen molar-refractivity contribution in [3.63, 3.8) is 0 Å². The Hall–Kier alpha value is -1.27. The van der Waals surface area contributed by atoms with Crippen molar-refractivity contribution < 1.29 is 14.3 Å². The van der Waals surface area contributed by atoms with Crippen LogP contribution in [0.5, 0.6) is 0 Å². The number of carbonyl (C=O) groups is 2. The topological polar surface area (TPSA) is 58.6 Å². The fourth-order valence-electron chi connectivity index (χ4n) is 2.66. The van der Waals surface area contributed by atoms with Crippen molar-refractivity contribution >= 4 is 39.5 Å². The van der Waals surface area contributed by atoms with Crippen LogP contribution in [0.15, 0.2) is 24.3 Å². The number of piperidine rings is 1. The molecule has 1 unspecified atom stereocenters. The highest BCUT2D eigenvalue weighted by Gasteiger charge is 2.26. The largest absolute Gasteiger partial charge is 0.450 e. The van der Waals surface area contributed by atoms with E-state index in [0.717, 1.165) is 18.4 Å². The Bertz CT molecular complexity index is 577. The number of hydrogen-bond acceptors (Lipinski definition) is 3. The van der Waals surface area contributed by atoms with E-state index in [0.29, 0.717) is 31.1 Å². The predicted octanol–water partition coefficient (Wildman–Crippen LogP) is 3.38. The molecule has 0 saturated carbocycles. The summed E-state index contributed by atoms with van der Waals surface area (Å²) in [6.07, 6.45) is 1.72. The van der Waals surface area contributed by atoms with Crippen molar-refractivity contribution in [2.75, 3.05) is 19.7 Å². The molecule has 1 atom stereocenters. The van der Waals surface area contributed by atoms with Gasteiger partial charge in [-0.1, -0.05) is 45.7 Å². The van der Waals surface area contributed by atoms with Crippen molar-refractivity contribution in [2.24, 2.45) is 0 Å². The van der Waals surface area contributed by atoms with E-state index >= 15 is 0 Å². The van der Waals surface area contributed by atoms with Gasteiger partial charge in [-0.3, -0.25) is 4.79 Å². The first-order valence-corrected chi connectivity index (χ1v) is 9.40. The molecular weight excluding hydrogens is 396 g/mol. The van der Waals surface area contributed by atoms with Gasteiger partial charge in [0.05, 0.1) is 11.4 Å². The number of nitrogens with zero attached hydrogens (tertiary/aromatic N) is 1. The van der Waals surface area contributed by atoms with Gasteiger partial charge < -0.3 is 15.0 Å². The van der Waals surface area contributed by atoms with Crippen LogP contribution < -0.4 is 5.32 Å². The van der Waals surface area contributed by atoms with Gasteiger partial charge in [-0.05, 0) is 37.8 Å². The SMILES string of the molecule is CCOC(=O)N1CCC(NC(=O)C(Br)Cc2ccccc2Cl)CC1. The van der Waals surface area contributed by atoms with Crippen LogP contribution in [0, 0.1) is 0 Å². The average Bonchev–Trinajstić information content (AvgIpc) is 2.57. The maximum Gasteiger partial charge on any atom is 0.409 e. The van der Waals surface area contributed by atoms with Gasteiger partial charge in [0.15, 0.2) is 0 Å². The molecule has 1 heterocycles. The second-order valence-electron chi connectivity index (χ2n) is 5.73. The van der Waals surface area contributed by atoms with Crippen LogP contribution in [-0.4, -0.2) is 47.5 Å². The average molecular weight is 418 g/mol. The zero-order valence-electron chi connectivity index (χ0n) is 13.6. The summed E-state index contributed by atoms with van der Waals surface area (Å²) in [5.41, 5.74) is 0.938. The first-order chi connectivity index (χ1) is 11.5. The van der Waals surface area contributed by atoms with E-state index in [1.165, 1.54) is 0 Å². The van der Waals surface area contributed by atoms with E-state index in [9.17, 15) is 9.59 Å². The molecule has 2 rings (SSSR count). The number of hydrogen-bond donors (Lipinski definition) is 1. The first kappa shape index (κ1) is 19.1. The highest BCUT2D eigenvalue weighted by molar-refractivity contribution is 9.10. The number of nitrogens with one attached hydrogen (secondary N) is 1. The van der Waals surface area contributed by atoms with Gasteiger partial charge in [-0.15, -0.1) is 0 Å². The predicted molar refractivity (Wildman–Crippen MR) is 97.6 cm³/mol. The second kappa shape index (κ2) is 9.28. The monoisotopic (exact) mass is 416 g/mol. The Morgan fingerprint density at radius 1 is 1.38 bits per heavy atom. The molecule has 1 aliphatic rings. The Kier molecular flexibility index (Phi) is 7.37. The third kappa shape index (κ3) is 5.38. The lowest BCUT2D eigenvalue weighted by atomic mass is 10.0. The molecule has 0 radical (unpaired) electrons. The molecule has 1 fully saturated rings. The van der Waals surface area contributed by atoms with Crippen molar-refractivity contribution in [3.05, 3.63) is 34.9 Å². The van der Waals surface area contributed by atoms with E-state index in [2.05, 4.69) is 21.2 Å². The van der Waals surface area contributed by atoms with Gasteiger partial charge in [-0.25, -0.2) is 4.79 Å². The maximum absolute atomic E-state index is 12.3. The summed E-state index contributed by atoms with van der Waals surface area (Å²) < 4.78 is 4.99.